The van der Waals surface area contributed by atoms with Gasteiger partial charge in [-0.2, -0.15) is 0 Å². The second-order valence-corrected chi connectivity index (χ2v) is 8.51. The van der Waals surface area contributed by atoms with Gasteiger partial charge in [-0.3, -0.25) is 14.6 Å². The smallest absolute Gasteiger partial charge is 0.319 e. The first-order valence-electron chi connectivity index (χ1n) is 10.4. The van der Waals surface area contributed by atoms with E-state index in [1.165, 1.54) is 0 Å². The van der Waals surface area contributed by atoms with E-state index < -0.39 is 0 Å². The molecule has 4 amide bonds. The van der Waals surface area contributed by atoms with Crippen molar-refractivity contribution in [3.05, 3.63) is 30.1 Å². The number of hydrogen-bond acceptors (Lipinski definition) is 4. The molecule has 3 aliphatic heterocycles. The second-order valence-electron chi connectivity index (χ2n) is 8.51. The van der Waals surface area contributed by atoms with Gasteiger partial charge in [0.1, 0.15) is 0 Å². The molecule has 4 rings (SSSR count). The molecule has 2 atom stereocenters. The lowest BCUT2D eigenvalue weighted by molar-refractivity contribution is -0.135. The monoisotopic (exact) mass is 399 g/mol. The Balaban J connectivity index is 1.53. The van der Waals surface area contributed by atoms with Crippen LogP contribution in [0.4, 0.5) is 4.79 Å². The molecule has 0 aromatic carbocycles. The van der Waals surface area contributed by atoms with Gasteiger partial charge in [-0.25, -0.2) is 4.79 Å². The van der Waals surface area contributed by atoms with Crippen molar-refractivity contribution in [2.45, 2.75) is 25.3 Å². The number of likely N-dealkylation sites (tertiary alicyclic amines) is 3. The van der Waals surface area contributed by atoms with Crippen molar-refractivity contribution in [3.63, 3.8) is 0 Å². The van der Waals surface area contributed by atoms with Crippen molar-refractivity contribution >= 4 is 17.8 Å². The Hall–Kier alpha value is -2.64. The van der Waals surface area contributed by atoms with Crippen LogP contribution in [0.25, 0.3) is 0 Å². The normalized spacial score (nSPS) is 25.5. The lowest BCUT2D eigenvalue weighted by atomic mass is 9.74. The highest BCUT2D eigenvalue weighted by atomic mass is 16.2. The molecular formula is C21H29N5O3. The van der Waals surface area contributed by atoms with Gasteiger partial charge in [0, 0.05) is 70.7 Å². The number of carbonyl (C=O) groups is 3. The minimum absolute atomic E-state index is 0.0157. The highest BCUT2D eigenvalue weighted by Gasteiger charge is 2.61. The SMILES string of the molecule is CCN1C(=O)[C@H]2CN(C(=O)N(C)C)C[C@H]2C12CCN(C(=O)c1ccncc1)CC2. The van der Waals surface area contributed by atoms with E-state index in [-0.39, 0.29) is 35.2 Å². The second kappa shape index (κ2) is 7.31. The lowest BCUT2D eigenvalue weighted by Crippen LogP contribution is -2.58. The largest absolute Gasteiger partial charge is 0.338 e. The summed E-state index contributed by atoms with van der Waals surface area (Å²) in [4.78, 5) is 49.7. The van der Waals surface area contributed by atoms with Gasteiger partial charge in [-0.1, -0.05) is 0 Å². The lowest BCUT2D eigenvalue weighted by Gasteiger charge is -2.47. The van der Waals surface area contributed by atoms with Crippen LogP contribution < -0.4 is 0 Å². The standard InChI is InChI=1S/C21H29N5O3/c1-4-26-19(28)16-13-25(20(29)23(2)3)14-17(16)21(26)7-11-24(12-8-21)18(27)15-5-9-22-10-6-15/h5-6,9-10,16-17H,4,7-8,11-14H2,1-3H3/t16-,17+/m0/s1. The van der Waals surface area contributed by atoms with Gasteiger partial charge in [-0.05, 0) is 31.9 Å². The maximum absolute atomic E-state index is 13.2. The molecule has 0 radical (unpaired) electrons. The van der Waals surface area contributed by atoms with Crippen LogP contribution in [0.15, 0.2) is 24.5 Å². The van der Waals surface area contributed by atoms with Crippen LogP contribution in [-0.4, -0.2) is 94.8 Å². The number of pyridine rings is 1. The Bertz CT molecular complexity index is 804. The predicted octanol–water partition coefficient (Wildman–Crippen LogP) is 1.15. The summed E-state index contributed by atoms with van der Waals surface area (Å²) in [5.41, 5.74) is 0.389. The van der Waals surface area contributed by atoms with Crippen LogP contribution >= 0.6 is 0 Å². The first-order chi connectivity index (χ1) is 13.9. The zero-order valence-electron chi connectivity index (χ0n) is 17.4. The Morgan fingerprint density at radius 1 is 1.14 bits per heavy atom. The fraction of sp³-hybridized carbons (Fsp3) is 0.619. The third kappa shape index (κ3) is 3.05. The number of carbonyl (C=O) groups excluding carboxylic acids is 3. The third-order valence-corrected chi connectivity index (χ3v) is 6.94. The number of amides is 4. The molecule has 8 heteroatoms. The van der Waals surface area contributed by atoms with Crippen LogP contribution in [0.1, 0.15) is 30.1 Å². The minimum Gasteiger partial charge on any atom is -0.338 e. The zero-order chi connectivity index (χ0) is 20.8. The maximum atomic E-state index is 13.2. The van der Waals surface area contributed by atoms with Gasteiger partial charge in [0.15, 0.2) is 0 Å². The van der Waals surface area contributed by atoms with Crippen LogP contribution in [0.5, 0.6) is 0 Å². The zero-order valence-corrected chi connectivity index (χ0v) is 17.4. The summed E-state index contributed by atoms with van der Waals surface area (Å²) in [7, 11) is 3.49. The number of fused-ring (bicyclic) bond motifs is 2. The van der Waals surface area contributed by atoms with Crippen molar-refractivity contribution in [3.8, 4) is 0 Å². The van der Waals surface area contributed by atoms with Crippen LogP contribution in [0.2, 0.25) is 0 Å². The Morgan fingerprint density at radius 2 is 1.79 bits per heavy atom. The number of nitrogens with zero attached hydrogens (tertiary/aromatic N) is 5. The Morgan fingerprint density at radius 3 is 2.38 bits per heavy atom. The number of hydrogen-bond donors (Lipinski definition) is 0. The van der Waals surface area contributed by atoms with E-state index in [1.807, 2.05) is 21.6 Å². The van der Waals surface area contributed by atoms with E-state index >= 15 is 0 Å². The van der Waals surface area contributed by atoms with Gasteiger partial charge in [0.2, 0.25) is 5.91 Å². The molecule has 0 N–H and O–H groups in total. The maximum Gasteiger partial charge on any atom is 0.319 e. The first-order valence-corrected chi connectivity index (χ1v) is 10.4. The van der Waals surface area contributed by atoms with Crippen molar-refractivity contribution in [2.24, 2.45) is 11.8 Å². The molecule has 1 spiro atoms. The molecule has 8 nitrogen and oxygen atoms in total. The van der Waals surface area contributed by atoms with E-state index in [0.717, 1.165) is 12.8 Å². The van der Waals surface area contributed by atoms with Crippen molar-refractivity contribution < 1.29 is 14.4 Å². The molecule has 4 heterocycles. The summed E-state index contributed by atoms with van der Waals surface area (Å²) in [6, 6.07) is 3.44. The minimum atomic E-state index is -0.257. The van der Waals surface area contributed by atoms with Gasteiger partial charge in [-0.15, -0.1) is 0 Å². The molecule has 0 saturated carbocycles. The highest BCUT2D eigenvalue weighted by molar-refractivity contribution is 5.94. The Kier molecular flexibility index (Phi) is 4.96. The van der Waals surface area contributed by atoms with E-state index in [9.17, 15) is 14.4 Å². The molecule has 3 aliphatic rings. The molecule has 0 unspecified atom stereocenters. The molecule has 156 valence electrons. The summed E-state index contributed by atoms with van der Waals surface area (Å²) in [6.45, 7) is 5.05. The van der Waals surface area contributed by atoms with E-state index in [1.54, 1.807) is 43.5 Å². The average Bonchev–Trinajstić information content (AvgIpc) is 3.27. The van der Waals surface area contributed by atoms with Crippen LogP contribution in [0.3, 0.4) is 0 Å². The molecular weight excluding hydrogens is 370 g/mol. The number of urea groups is 1. The Labute approximate surface area is 171 Å². The van der Waals surface area contributed by atoms with Gasteiger partial charge in [0.25, 0.3) is 5.91 Å². The number of piperidine rings is 1. The van der Waals surface area contributed by atoms with Crippen LogP contribution in [0, 0.1) is 11.8 Å². The molecule has 0 bridgehead atoms. The molecule has 29 heavy (non-hydrogen) atoms. The van der Waals surface area contributed by atoms with E-state index in [4.69, 9.17) is 0 Å². The number of rotatable bonds is 2. The summed E-state index contributed by atoms with van der Waals surface area (Å²) >= 11 is 0. The molecule has 0 aliphatic carbocycles. The third-order valence-electron chi connectivity index (χ3n) is 6.94. The molecule has 3 saturated heterocycles. The summed E-state index contributed by atoms with van der Waals surface area (Å²) in [6.07, 6.45) is 4.78. The average molecular weight is 399 g/mol. The summed E-state index contributed by atoms with van der Waals surface area (Å²) in [5, 5.41) is 0. The topological polar surface area (TPSA) is 77.1 Å². The highest BCUT2D eigenvalue weighted by Crippen LogP contribution is 2.49. The number of aromatic nitrogens is 1. The quantitative estimate of drug-likeness (QED) is 0.748. The van der Waals surface area contributed by atoms with Crippen molar-refractivity contribution in [1.29, 1.82) is 0 Å². The predicted molar refractivity (Wildman–Crippen MR) is 107 cm³/mol. The van der Waals surface area contributed by atoms with Crippen molar-refractivity contribution in [2.75, 3.05) is 46.8 Å². The van der Waals surface area contributed by atoms with Gasteiger partial charge < -0.3 is 19.6 Å². The van der Waals surface area contributed by atoms with Gasteiger partial charge in [0.05, 0.1) is 11.5 Å². The van der Waals surface area contributed by atoms with E-state index in [2.05, 4.69) is 4.98 Å². The fourth-order valence-electron chi connectivity index (χ4n) is 5.54. The first kappa shape index (κ1) is 19.7. The summed E-state index contributed by atoms with van der Waals surface area (Å²) in [5.74, 6) is 0.195. The molecule has 3 fully saturated rings. The van der Waals surface area contributed by atoms with Gasteiger partial charge >= 0.3 is 6.03 Å². The molecule has 1 aromatic heterocycles. The van der Waals surface area contributed by atoms with Crippen molar-refractivity contribution in [1.82, 2.24) is 24.6 Å². The fourth-order valence-corrected chi connectivity index (χ4v) is 5.54. The van der Waals surface area contributed by atoms with E-state index in [0.29, 0.717) is 38.3 Å². The summed E-state index contributed by atoms with van der Waals surface area (Å²) < 4.78 is 0. The molecule has 1 aromatic rings. The van der Waals surface area contributed by atoms with Crippen LogP contribution in [-0.2, 0) is 4.79 Å².